The van der Waals surface area contributed by atoms with Gasteiger partial charge in [0.1, 0.15) is 54.4 Å². The predicted octanol–water partition coefficient (Wildman–Crippen LogP) is 1.77. The molecule has 0 aliphatic carbocycles. The van der Waals surface area contributed by atoms with E-state index in [1.54, 1.807) is 16.3 Å². The van der Waals surface area contributed by atoms with Gasteiger partial charge in [-0.3, -0.25) is 4.68 Å². The Balaban J connectivity index is 1.12. The third-order valence-corrected chi connectivity index (χ3v) is 8.24. The predicted molar refractivity (Wildman–Crippen MR) is 164 cm³/mol. The number of nitrogens with two attached hydrogens (primary N) is 1. The number of rotatable bonds is 10. The number of fused-ring (bicyclic) bond motifs is 2. The highest BCUT2D eigenvalue weighted by Gasteiger charge is 2.45. The molecule has 4 atom stereocenters. The molecule has 14 heteroatoms. The Hall–Kier alpha value is -4.50. The van der Waals surface area contributed by atoms with Crippen LogP contribution < -0.4 is 20.7 Å². The highest BCUT2D eigenvalue weighted by atomic mass is 16.6. The number of nitrogens with one attached hydrogen (secondary N) is 1. The average Bonchev–Trinajstić information content (AvgIpc) is 3.67. The van der Waals surface area contributed by atoms with Gasteiger partial charge in [0, 0.05) is 68.8 Å². The minimum Gasteiger partial charge on any atom is -0.491 e. The first-order valence-corrected chi connectivity index (χ1v) is 14.6. The van der Waals surface area contributed by atoms with Crippen molar-refractivity contribution in [2.24, 2.45) is 7.05 Å². The number of aliphatic hydroxyl groups excluding tert-OH is 2. The molecule has 2 fully saturated rings. The number of pyridine rings is 1. The largest absolute Gasteiger partial charge is 0.491 e. The molecule has 5 aromatic rings. The molecule has 230 valence electrons. The van der Waals surface area contributed by atoms with Crippen LogP contribution in [-0.2, 0) is 16.5 Å². The van der Waals surface area contributed by atoms with Crippen molar-refractivity contribution in [3.05, 3.63) is 54.6 Å². The van der Waals surface area contributed by atoms with Crippen LogP contribution in [-0.4, -0.2) is 97.8 Å². The number of ether oxygens (including phenoxy) is 3. The van der Waals surface area contributed by atoms with E-state index in [-0.39, 0.29) is 12.4 Å². The standard InChI is InChI=1S/C30H35N9O5/c1-37-10-6-20(36-37)19-13-23(39-26(19)30(31)33-16-34-39)29-28(41)27(40)24(44-29)15-43-17-4-5-18-21(32-7-11-42-2)14-25(35-22(18)12-17)38-8-3-9-38/h4-6,10,12-14,16,24,27-29,40-41H,3,7-9,11,15H2,1-2H3,(H,32,35)(H2,31,33,34)/t24-,27-,28-,29+/m1/s1. The van der Waals surface area contributed by atoms with E-state index in [0.717, 1.165) is 41.9 Å². The molecule has 0 amide bonds. The summed E-state index contributed by atoms with van der Waals surface area (Å²) in [7, 11) is 3.50. The lowest BCUT2D eigenvalue weighted by atomic mass is 10.1. The quantitative estimate of drug-likeness (QED) is 0.171. The first-order valence-electron chi connectivity index (χ1n) is 14.6. The number of hydrogen-bond acceptors (Lipinski definition) is 12. The van der Waals surface area contributed by atoms with E-state index in [0.29, 0.717) is 41.4 Å². The van der Waals surface area contributed by atoms with E-state index in [2.05, 4.69) is 31.5 Å². The number of nitrogen functional groups attached to an aromatic ring is 1. The van der Waals surface area contributed by atoms with Crippen molar-refractivity contribution in [3.8, 4) is 17.0 Å². The summed E-state index contributed by atoms with van der Waals surface area (Å²) in [6, 6.07) is 11.5. The minimum atomic E-state index is -1.23. The molecule has 0 unspecified atom stereocenters. The number of methoxy groups -OCH3 is 1. The maximum Gasteiger partial charge on any atom is 0.152 e. The van der Waals surface area contributed by atoms with Gasteiger partial charge in [-0.2, -0.15) is 10.2 Å². The van der Waals surface area contributed by atoms with Crippen LogP contribution in [0.5, 0.6) is 5.75 Å². The molecule has 14 nitrogen and oxygen atoms in total. The summed E-state index contributed by atoms with van der Waals surface area (Å²) in [6.45, 7) is 3.23. The molecule has 0 radical (unpaired) electrons. The summed E-state index contributed by atoms with van der Waals surface area (Å²) in [4.78, 5) is 11.3. The van der Waals surface area contributed by atoms with E-state index < -0.39 is 24.4 Å². The van der Waals surface area contributed by atoms with Gasteiger partial charge in [-0.05, 0) is 30.7 Å². The molecular formula is C30H35N9O5. The van der Waals surface area contributed by atoms with Gasteiger partial charge in [0.05, 0.1) is 23.5 Å². The van der Waals surface area contributed by atoms with E-state index in [1.807, 2.05) is 43.6 Å². The summed E-state index contributed by atoms with van der Waals surface area (Å²) in [5.41, 5.74) is 10.4. The number of nitrogens with zero attached hydrogens (tertiary/aromatic N) is 7. The molecule has 2 aliphatic heterocycles. The zero-order valence-electron chi connectivity index (χ0n) is 24.5. The summed E-state index contributed by atoms with van der Waals surface area (Å²) >= 11 is 0. The van der Waals surface area contributed by atoms with Crippen LogP contribution in [0.4, 0.5) is 17.3 Å². The third-order valence-electron chi connectivity index (χ3n) is 8.24. The molecule has 7 rings (SSSR count). The Morgan fingerprint density at radius 1 is 1.14 bits per heavy atom. The van der Waals surface area contributed by atoms with E-state index in [1.165, 1.54) is 6.33 Å². The van der Waals surface area contributed by atoms with Gasteiger partial charge in [0.2, 0.25) is 0 Å². The first-order chi connectivity index (χ1) is 21.4. The molecule has 0 saturated carbocycles. The second-order valence-corrected chi connectivity index (χ2v) is 11.1. The third kappa shape index (κ3) is 5.05. The second-order valence-electron chi connectivity index (χ2n) is 11.1. The van der Waals surface area contributed by atoms with Gasteiger partial charge in [-0.1, -0.05) is 0 Å². The number of aryl methyl sites for hydroxylation is 1. The van der Waals surface area contributed by atoms with Crippen molar-refractivity contribution in [2.45, 2.75) is 30.8 Å². The van der Waals surface area contributed by atoms with Gasteiger partial charge in [0.25, 0.3) is 0 Å². The number of hydrogen-bond donors (Lipinski definition) is 4. The van der Waals surface area contributed by atoms with Crippen LogP contribution in [0.2, 0.25) is 0 Å². The van der Waals surface area contributed by atoms with Crippen molar-refractivity contribution < 1.29 is 24.4 Å². The molecule has 5 N–H and O–H groups in total. The summed E-state index contributed by atoms with van der Waals surface area (Å²) < 4.78 is 20.8. The van der Waals surface area contributed by atoms with E-state index >= 15 is 0 Å². The van der Waals surface area contributed by atoms with Gasteiger partial charge >= 0.3 is 0 Å². The molecular weight excluding hydrogens is 566 g/mol. The van der Waals surface area contributed by atoms with Crippen molar-refractivity contribution in [3.63, 3.8) is 0 Å². The van der Waals surface area contributed by atoms with Crippen LogP contribution >= 0.6 is 0 Å². The lowest BCUT2D eigenvalue weighted by molar-refractivity contribution is -0.0187. The average molecular weight is 602 g/mol. The Morgan fingerprint density at radius 3 is 2.75 bits per heavy atom. The van der Waals surface area contributed by atoms with Crippen molar-refractivity contribution >= 4 is 33.7 Å². The normalized spacial score (nSPS) is 21.7. The lowest BCUT2D eigenvalue weighted by Crippen LogP contribution is -2.37. The molecule has 6 heterocycles. The first kappa shape index (κ1) is 28.3. The summed E-state index contributed by atoms with van der Waals surface area (Å²) in [5, 5.41) is 35.4. The summed E-state index contributed by atoms with van der Waals surface area (Å²) in [6.07, 6.45) is 0.186. The fourth-order valence-electron chi connectivity index (χ4n) is 5.78. The maximum absolute atomic E-state index is 11.1. The number of aliphatic hydroxyl groups is 2. The Kier molecular flexibility index (Phi) is 7.42. The molecule has 44 heavy (non-hydrogen) atoms. The minimum absolute atomic E-state index is 0.0124. The van der Waals surface area contributed by atoms with Crippen LogP contribution in [0.25, 0.3) is 27.7 Å². The molecule has 0 spiro atoms. The van der Waals surface area contributed by atoms with Crippen LogP contribution in [0.1, 0.15) is 18.2 Å². The molecule has 1 aromatic carbocycles. The van der Waals surface area contributed by atoms with Crippen molar-refractivity contribution in [1.82, 2.24) is 29.4 Å². The second kappa shape index (κ2) is 11.5. The zero-order valence-corrected chi connectivity index (χ0v) is 24.5. The fourth-order valence-corrected chi connectivity index (χ4v) is 5.78. The van der Waals surface area contributed by atoms with Gasteiger partial charge in [-0.25, -0.2) is 14.5 Å². The van der Waals surface area contributed by atoms with Crippen molar-refractivity contribution in [2.75, 3.05) is 55.9 Å². The van der Waals surface area contributed by atoms with Crippen LogP contribution in [0.15, 0.2) is 48.9 Å². The fraction of sp³-hybridized carbons (Fsp3) is 0.400. The topological polar surface area (TPSA) is 170 Å². The molecule has 0 bridgehead atoms. The number of anilines is 3. The SMILES string of the molecule is COCCNc1cc(N2CCC2)nc2cc(OC[C@H]3O[C@@H](c4cc(-c5ccn(C)n5)c5c(N)ncnn45)[C@H](O)[C@@H]3O)ccc12. The van der Waals surface area contributed by atoms with Gasteiger partial charge in [0.15, 0.2) is 5.82 Å². The summed E-state index contributed by atoms with van der Waals surface area (Å²) in [5.74, 6) is 1.75. The number of aromatic nitrogens is 6. The Morgan fingerprint density at radius 2 is 2.00 bits per heavy atom. The molecule has 2 saturated heterocycles. The van der Waals surface area contributed by atoms with Crippen LogP contribution in [0.3, 0.4) is 0 Å². The number of benzene rings is 1. The van der Waals surface area contributed by atoms with Gasteiger partial charge < -0.3 is 40.4 Å². The van der Waals surface area contributed by atoms with E-state index in [4.69, 9.17) is 24.9 Å². The van der Waals surface area contributed by atoms with Gasteiger partial charge in [-0.15, -0.1) is 0 Å². The zero-order chi connectivity index (χ0) is 30.4. The van der Waals surface area contributed by atoms with Crippen molar-refractivity contribution in [1.29, 1.82) is 0 Å². The highest BCUT2D eigenvalue weighted by molar-refractivity contribution is 5.94. The monoisotopic (exact) mass is 601 g/mol. The molecule has 4 aromatic heterocycles. The molecule has 2 aliphatic rings. The van der Waals surface area contributed by atoms with Crippen LogP contribution in [0, 0.1) is 0 Å². The maximum atomic E-state index is 11.1. The smallest absolute Gasteiger partial charge is 0.152 e. The Labute approximate surface area is 253 Å². The highest BCUT2D eigenvalue weighted by Crippen LogP contribution is 2.39. The lowest BCUT2D eigenvalue weighted by Gasteiger charge is -2.32. The van der Waals surface area contributed by atoms with E-state index in [9.17, 15) is 10.2 Å². The Bertz CT molecular complexity index is 1800.